The van der Waals surface area contributed by atoms with Crippen LogP contribution in [-0.4, -0.2) is 53.5 Å². The van der Waals surface area contributed by atoms with Gasteiger partial charge in [0.25, 0.3) is 0 Å². The molecule has 6 nitrogen and oxygen atoms in total. The molecule has 2 aliphatic rings. The van der Waals surface area contributed by atoms with E-state index >= 15 is 0 Å². The second-order valence-corrected chi connectivity index (χ2v) is 8.01. The Balaban J connectivity index is 1.31. The maximum Gasteiger partial charge on any atom is 0.226 e. The molecule has 27 heavy (non-hydrogen) atoms. The van der Waals surface area contributed by atoms with E-state index in [1.165, 1.54) is 22.7 Å². The zero-order valence-corrected chi connectivity index (χ0v) is 16.6. The van der Waals surface area contributed by atoms with Crippen LogP contribution in [-0.2, 0) is 28.9 Å². The van der Waals surface area contributed by atoms with E-state index in [4.69, 9.17) is 4.74 Å². The van der Waals surface area contributed by atoms with Gasteiger partial charge in [-0.1, -0.05) is 24.3 Å². The molecule has 4 rings (SSSR count). The zero-order valence-electron chi connectivity index (χ0n) is 15.8. The number of piperidine rings is 1. The molecule has 0 radical (unpaired) electrons. The van der Waals surface area contributed by atoms with Gasteiger partial charge in [0.2, 0.25) is 11.0 Å². The van der Waals surface area contributed by atoms with Gasteiger partial charge in [0.15, 0.2) is 0 Å². The lowest BCUT2D eigenvalue weighted by molar-refractivity contribution is -0.137. The fraction of sp³-hybridized carbons (Fsp3) is 0.550. The van der Waals surface area contributed by atoms with Gasteiger partial charge >= 0.3 is 0 Å². The topological polar surface area (TPSA) is 58.6 Å². The summed E-state index contributed by atoms with van der Waals surface area (Å²) in [4.78, 5) is 21.9. The quantitative estimate of drug-likeness (QED) is 0.790. The minimum atomic E-state index is 0.132. The number of carbonyl (C=O) groups is 1. The van der Waals surface area contributed by atoms with Crippen molar-refractivity contribution < 1.29 is 9.53 Å². The normalized spacial score (nSPS) is 17.8. The Kier molecular flexibility index (Phi) is 5.69. The zero-order chi connectivity index (χ0) is 18.6. The number of methoxy groups -OCH3 is 1. The minimum absolute atomic E-state index is 0.132. The van der Waals surface area contributed by atoms with Crippen molar-refractivity contribution in [1.29, 1.82) is 0 Å². The molecule has 0 unspecified atom stereocenters. The van der Waals surface area contributed by atoms with Gasteiger partial charge in [0.05, 0.1) is 6.61 Å². The van der Waals surface area contributed by atoms with Crippen molar-refractivity contribution in [2.75, 3.05) is 38.3 Å². The summed E-state index contributed by atoms with van der Waals surface area (Å²) in [5.41, 5.74) is 2.68. The molecule has 1 fully saturated rings. The summed E-state index contributed by atoms with van der Waals surface area (Å²) < 4.78 is 9.50. The third-order valence-electron chi connectivity index (χ3n) is 5.54. The van der Waals surface area contributed by atoms with Crippen molar-refractivity contribution in [1.82, 2.24) is 14.3 Å². The molecular formula is C20H26N4O2S. The van der Waals surface area contributed by atoms with E-state index in [9.17, 15) is 4.79 Å². The molecule has 1 aromatic carbocycles. The number of nitrogens with zero attached hydrogens (tertiary/aromatic N) is 4. The van der Waals surface area contributed by atoms with Gasteiger partial charge in [0.1, 0.15) is 5.82 Å². The van der Waals surface area contributed by atoms with Crippen molar-refractivity contribution in [3.63, 3.8) is 0 Å². The second-order valence-electron chi connectivity index (χ2n) is 7.28. The first-order valence-electron chi connectivity index (χ1n) is 9.66. The fourth-order valence-corrected chi connectivity index (χ4v) is 4.69. The summed E-state index contributed by atoms with van der Waals surface area (Å²) in [6.45, 7) is 4.00. The smallest absolute Gasteiger partial charge is 0.226 e. The van der Waals surface area contributed by atoms with Crippen molar-refractivity contribution in [2.45, 2.75) is 32.2 Å². The number of hydrogen-bond donors (Lipinski definition) is 0. The lowest BCUT2D eigenvalue weighted by Crippen LogP contribution is -2.44. The lowest BCUT2D eigenvalue weighted by atomic mass is 9.93. The van der Waals surface area contributed by atoms with Gasteiger partial charge in [-0.2, -0.15) is 4.37 Å². The van der Waals surface area contributed by atoms with Crippen molar-refractivity contribution >= 4 is 22.6 Å². The third-order valence-corrected chi connectivity index (χ3v) is 6.36. The Morgan fingerprint density at radius 1 is 1.22 bits per heavy atom. The van der Waals surface area contributed by atoms with Crippen molar-refractivity contribution in [3.05, 3.63) is 41.2 Å². The van der Waals surface area contributed by atoms with Crippen LogP contribution >= 0.6 is 11.5 Å². The number of anilines is 1. The maximum absolute atomic E-state index is 13.0. The monoisotopic (exact) mass is 386 g/mol. The van der Waals surface area contributed by atoms with Crippen LogP contribution in [0.5, 0.6) is 0 Å². The van der Waals surface area contributed by atoms with Crippen LogP contribution in [0.2, 0.25) is 0 Å². The fourth-order valence-electron chi connectivity index (χ4n) is 3.93. The standard InChI is InChI=1S/C20H26N4O2S/c1-26-13-9-18-21-20(27-22-18)23-10-7-16(8-11-23)19(25)24-12-6-15-4-2-3-5-17(15)14-24/h2-5,16H,6-14H2,1H3. The Labute approximate surface area is 164 Å². The van der Waals surface area contributed by atoms with Crippen molar-refractivity contribution in [2.24, 2.45) is 5.92 Å². The van der Waals surface area contributed by atoms with E-state index in [0.717, 1.165) is 62.8 Å². The predicted octanol–water partition coefficient (Wildman–Crippen LogP) is 2.53. The average Bonchev–Trinajstić information content (AvgIpc) is 3.20. The van der Waals surface area contributed by atoms with Gasteiger partial charge in [-0.05, 0) is 30.4 Å². The van der Waals surface area contributed by atoms with Crippen LogP contribution in [0.3, 0.4) is 0 Å². The molecule has 0 N–H and O–H groups in total. The maximum atomic E-state index is 13.0. The summed E-state index contributed by atoms with van der Waals surface area (Å²) in [6.07, 6.45) is 3.50. The van der Waals surface area contributed by atoms with E-state index in [2.05, 4.69) is 43.4 Å². The number of hydrogen-bond acceptors (Lipinski definition) is 6. The summed E-state index contributed by atoms with van der Waals surface area (Å²) >= 11 is 1.45. The highest BCUT2D eigenvalue weighted by molar-refractivity contribution is 7.09. The summed E-state index contributed by atoms with van der Waals surface area (Å²) in [5, 5.41) is 0.971. The van der Waals surface area contributed by atoms with Gasteiger partial charge in [-0.3, -0.25) is 4.79 Å². The predicted molar refractivity (Wildman–Crippen MR) is 106 cm³/mol. The van der Waals surface area contributed by atoms with Crippen LogP contribution in [0.25, 0.3) is 0 Å². The second kappa shape index (κ2) is 8.35. The molecule has 0 saturated carbocycles. The Hall–Kier alpha value is -1.99. The SMILES string of the molecule is COCCc1nsc(N2CCC(C(=O)N3CCc4ccccc4C3)CC2)n1. The average molecular weight is 387 g/mol. The number of ether oxygens (including phenoxy) is 1. The molecule has 0 atom stereocenters. The van der Waals surface area contributed by atoms with Gasteiger partial charge in [0, 0.05) is 57.2 Å². The Morgan fingerprint density at radius 3 is 2.78 bits per heavy atom. The lowest BCUT2D eigenvalue weighted by Gasteiger charge is -2.36. The number of fused-ring (bicyclic) bond motifs is 1. The number of aromatic nitrogens is 2. The molecule has 1 saturated heterocycles. The van der Waals surface area contributed by atoms with Crippen LogP contribution in [0.4, 0.5) is 5.13 Å². The first-order valence-corrected chi connectivity index (χ1v) is 10.4. The van der Waals surface area contributed by atoms with Crippen LogP contribution in [0.1, 0.15) is 29.8 Å². The molecule has 0 aliphatic carbocycles. The van der Waals surface area contributed by atoms with E-state index in [1.54, 1.807) is 7.11 Å². The summed E-state index contributed by atoms with van der Waals surface area (Å²) in [7, 11) is 1.69. The number of carbonyl (C=O) groups excluding carboxylic acids is 1. The van der Waals surface area contributed by atoms with E-state index in [0.29, 0.717) is 12.5 Å². The number of amides is 1. The summed E-state index contributed by atoms with van der Waals surface area (Å²) in [6, 6.07) is 8.47. The highest BCUT2D eigenvalue weighted by atomic mass is 32.1. The Bertz CT molecular complexity index is 786. The van der Waals surface area contributed by atoms with E-state index < -0.39 is 0 Å². The molecule has 0 bridgehead atoms. The van der Waals surface area contributed by atoms with Gasteiger partial charge in [-0.25, -0.2) is 4.98 Å². The molecule has 2 aliphatic heterocycles. The molecule has 3 heterocycles. The number of rotatable bonds is 5. The van der Waals surface area contributed by atoms with Gasteiger partial charge < -0.3 is 14.5 Å². The van der Waals surface area contributed by atoms with E-state index in [-0.39, 0.29) is 5.92 Å². The van der Waals surface area contributed by atoms with Gasteiger partial charge in [-0.15, -0.1) is 0 Å². The van der Waals surface area contributed by atoms with Crippen molar-refractivity contribution in [3.8, 4) is 0 Å². The number of benzene rings is 1. The molecule has 144 valence electrons. The molecule has 0 spiro atoms. The summed E-state index contributed by atoms with van der Waals surface area (Å²) in [5.74, 6) is 1.30. The molecular weight excluding hydrogens is 360 g/mol. The molecule has 7 heteroatoms. The highest BCUT2D eigenvalue weighted by Crippen LogP contribution is 2.28. The van der Waals surface area contributed by atoms with Crippen LogP contribution < -0.4 is 4.90 Å². The van der Waals surface area contributed by atoms with E-state index in [1.807, 2.05) is 0 Å². The molecule has 2 aromatic rings. The van der Waals surface area contributed by atoms with Crippen LogP contribution in [0.15, 0.2) is 24.3 Å². The Morgan fingerprint density at radius 2 is 2.00 bits per heavy atom. The minimum Gasteiger partial charge on any atom is -0.384 e. The largest absolute Gasteiger partial charge is 0.384 e. The highest BCUT2D eigenvalue weighted by Gasteiger charge is 2.31. The molecule has 1 amide bonds. The van der Waals surface area contributed by atoms with Crippen LogP contribution in [0, 0.1) is 5.92 Å². The third kappa shape index (κ3) is 4.14. The first-order chi connectivity index (χ1) is 13.2. The first kappa shape index (κ1) is 18.4. The molecule has 1 aromatic heterocycles.